The zero-order chi connectivity index (χ0) is 15.6. The van der Waals surface area contributed by atoms with E-state index < -0.39 is 5.56 Å². The summed E-state index contributed by atoms with van der Waals surface area (Å²) in [6.07, 6.45) is 0. The quantitative estimate of drug-likeness (QED) is 0.890. The molecule has 1 aromatic carbocycles. The van der Waals surface area contributed by atoms with E-state index in [1.54, 1.807) is 25.1 Å². The number of halogens is 2. The summed E-state index contributed by atoms with van der Waals surface area (Å²) >= 11 is 9.62. The van der Waals surface area contributed by atoms with Gasteiger partial charge in [-0.05, 0) is 53.5 Å². The van der Waals surface area contributed by atoms with Crippen LogP contribution < -0.4 is 10.3 Å². The van der Waals surface area contributed by atoms with Crippen LogP contribution in [0, 0.1) is 18.3 Å². The average Bonchev–Trinajstić information content (AvgIpc) is 2.42. The van der Waals surface area contributed by atoms with Crippen molar-refractivity contribution in [3.05, 3.63) is 49.3 Å². The van der Waals surface area contributed by atoms with Gasteiger partial charge in [-0.1, -0.05) is 11.6 Å². The number of nitrogens with zero attached hydrogens (tertiary/aromatic N) is 1. The molecule has 0 saturated heterocycles. The summed E-state index contributed by atoms with van der Waals surface area (Å²) in [4.78, 5) is 14.5. The van der Waals surface area contributed by atoms with Crippen LogP contribution in [0.1, 0.15) is 18.2 Å². The maximum Gasteiger partial charge on any atom is 0.266 e. The van der Waals surface area contributed by atoms with Crippen molar-refractivity contribution in [2.24, 2.45) is 0 Å². The zero-order valence-corrected chi connectivity index (χ0v) is 13.8. The van der Waals surface area contributed by atoms with Gasteiger partial charge in [0.1, 0.15) is 11.6 Å². The fourth-order valence-corrected chi connectivity index (χ4v) is 2.99. The van der Waals surface area contributed by atoms with Crippen LogP contribution >= 0.6 is 27.5 Å². The molecule has 0 spiro atoms. The Kier molecular flexibility index (Phi) is 4.71. The summed E-state index contributed by atoms with van der Waals surface area (Å²) in [5, 5.41) is 9.61. The number of pyridine rings is 1. The topological polar surface area (TPSA) is 65.9 Å². The second-order valence-corrected chi connectivity index (χ2v) is 5.65. The Balaban J connectivity index is 2.69. The second-order valence-electron chi connectivity index (χ2n) is 4.38. The van der Waals surface area contributed by atoms with Crippen LogP contribution in [0.15, 0.2) is 27.5 Å². The van der Waals surface area contributed by atoms with Crippen molar-refractivity contribution in [2.45, 2.75) is 13.8 Å². The van der Waals surface area contributed by atoms with E-state index in [1.165, 1.54) is 0 Å². The van der Waals surface area contributed by atoms with Crippen LogP contribution in [0.3, 0.4) is 0 Å². The van der Waals surface area contributed by atoms with Gasteiger partial charge < -0.3 is 9.72 Å². The number of nitriles is 1. The van der Waals surface area contributed by atoms with Crippen LogP contribution in [0.25, 0.3) is 11.1 Å². The number of aryl methyl sites for hydroxylation is 1. The summed E-state index contributed by atoms with van der Waals surface area (Å²) in [7, 11) is 0. The number of aromatic nitrogens is 1. The molecule has 0 unspecified atom stereocenters. The van der Waals surface area contributed by atoms with E-state index in [9.17, 15) is 10.1 Å². The van der Waals surface area contributed by atoms with E-state index in [2.05, 4.69) is 20.9 Å². The van der Waals surface area contributed by atoms with Gasteiger partial charge in [0.25, 0.3) is 5.56 Å². The first kappa shape index (κ1) is 15.6. The van der Waals surface area contributed by atoms with E-state index in [0.717, 1.165) is 0 Å². The van der Waals surface area contributed by atoms with E-state index in [4.69, 9.17) is 16.3 Å². The van der Waals surface area contributed by atoms with Crippen LogP contribution in [-0.4, -0.2) is 11.6 Å². The number of ether oxygens (including phenoxy) is 1. The highest BCUT2D eigenvalue weighted by atomic mass is 79.9. The number of benzene rings is 1. The summed E-state index contributed by atoms with van der Waals surface area (Å²) in [6.45, 7) is 4.12. The van der Waals surface area contributed by atoms with Gasteiger partial charge >= 0.3 is 0 Å². The lowest BCUT2D eigenvalue weighted by molar-refractivity contribution is 0.338. The maximum atomic E-state index is 11.9. The van der Waals surface area contributed by atoms with E-state index >= 15 is 0 Å². The molecule has 0 fully saturated rings. The molecule has 0 atom stereocenters. The van der Waals surface area contributed by atoms with Crippen LogP contribution in [0.4, 0.5) is 0 Å². The number of rotatable bonds is 3. The molecule has 2 aromatic rings. The first-order valence-electron chi connectivity index (χ1n) is 6.24. The molecule has 108 valence electrons. The third-order valence-electron chi connectivity index (χ3n) is 2.88. The molecule has 1 N–H and O–H groups in total. The second kappa shape index (κ2) is 6.33. The molecule has 0 bridgehead atoms. The number of hydrogen-bond acceptors (Lipinski definition) is 3. The third-order valence-corrected chi connectivity index (χ3v) is 3.75. The van der Waals surface area contributed by atoms with Gasteiger partial charge in [-0.2, -0.15) is 5.26 Å². The molecule has 0 saturated carbocycles. The van der Waals surface area contributed by atoms with Crippen molar-refractivity contribution < 1.29 is 4.74 Å². The molecular formula is C15H12BrClN2O2. The molecule has 0 aliphatic heterocycles. The fourth-order valence-electron chi connectivity index (χ4n) is 2.02. The molecular weight excluding hydrogens is 356 g/mol. The van der Waals surface area contributed by atoms with Crippen LogP contribution in [0.2, 0.25) is 5.02 Å². The van der Waals surface area contributed by atoms with Gasteiger partial charge in [-0.15, -0.1) is 0 Å². The summed E-state index contributed by atoms with van der Waals surface area (Å²) < 4.78 is 6.13. The Labute approximate surface area is 135 Å². The minimum Gasteiger partial charge on any atom is -0.491 e. The zero-order valence-electron chi connectivity index (χ0n) is 11.5. The lowest BCUT2D eigenvalue weighted by atomic mass is 10.0. The normalized spacial score (nSPS) is 10.2. The SMILES string of the molecule is CCOc1c(Cl)cc(-c2cc(C)[nH]c(=O)c2C#N)cc1Br. The largest absolute Gasteiger partial charge is 0.491 e. The molecule has 0 aliphatic rings. The van der Waals surface area contributed by atoms with E-state index in [-0.39, 0.29) is 5.56 Å². The predicted molar refractivity (Wildman–Crippen MR) is 85.8 cm³/mol. The third kappa shape index (κ3) is 3.12. The van der Waals surface area contributed by atoms with Crippen molar-refractivity contribution in [1.29, 1.82) is 5.26 Å². The van der Waals surface area contributed by atoms with Gasteiger partial charge in [0.15, 0.2) is 5.75 Å². The molecule has 6 heteroatoms. The number of aromatic amines is 1. The predicted octanol–water partition coefficient (Wildman–Crippen LogP) is 4.04. The highest BCUT2D eigenvalue weighted by Crippen LogP contribution is 2.38. The van der Waals surface area contributed by atoms with E-state index in [0.29, 0.717) is 38.7 Å². The minimum atomic E-state index is -0.409. The van der Waals surface area contributed by atoms with Crippen LogP contribution in [-0.2, 0) is 0 Å². The van der Waals surface area contributed by atoms with Crippen molar-refractivity contribution in [2.75, 3.05) is 6.61 Å². The highest BCUT2D eigenvalue weighted by Gasteiger charge is 2.15. The van der Waals surface area contributed by atoms with Gasteiger partial charge in [0, 0.05) is 11.3 Å². The van der Waals surface area contributed by atoms with E-state index in [1.807, 2.05) is 13.0 Å². The Bertz CT molecular complexity index is 770. The monoisotopic (exact) mass is 366 g/mol. The molecule has 0 radical (unpaired) electrons. The van der Waals surface area contributed by atoms with Crippen molar-refractivity contribution in [3.63, 3.8) is 0 Å². The van der Waals surface area contributed by atoms with Crippen molar-refractivity contribution in [3.8, 4) is 22.9 Å². The van der Waals surface area contributed by atoms with Crippen molar-refractivity contribution >= 4 is 27.5 Å². The Morgan fingerprint density at radius 3 is 2.71 bits per heavy atom. The molecule has 1 aromatic heterocycles. The summed E-state index contributed by atoms with van der Waals surface area (Å²) in [5.41, 5.74) is 1.56. The summed E-state index contributed by atoms with van der Waals surface area (Å²) in [6, 6.07) is 7.15. The molecule has 0 amide bonds. The standard InChI is InChI=1S/C15H12BrClN2O2/c1-3-21-14-12(16)5-9(6-13(14)17)10-4-8(2)19-15(20)11(10)7-18/h4-6H,3H2,1-2H3,(H,19,20). The molecule has 2 rings (SSSR count). The maximum absolute atomic E-state index is 11.9. The Morgan fingerprint density at radius 1 is 1.43 bits per heavy atom. The number of hydrogen-bond donors (Lipinski definition) is 1. The average molecular weight is 368 g/mol. The van der Waals surface area contributed by atoms with Gasteiger partial charge in [-0.25, -0.2) is 0 Å². The lowest BCUT2D eigenvalue weighted by Gasteiger charge is -2.12. The van der Waals surface area contributed by atoms with Gasteiger partial charge in [-0.3, -0.25) is 4.79 Å². The Morgan fingerprint density at radius 2 is 2.14 bits per heavy atom. The molecule has 4 nitrogen and oxygen atoms in total. The minimum absolute atomic E-state index is 0.0627. The van der Waals surface area contributed by atoms with Crippen molar-refractivity contribution in [1.82, 2.24) is 4.98 Å². The molecule has 21 heavy (non-hydrogen) atoms. The number of H-pyrrole nitrogens is 1. The van der Waals surface area contributed by atoms with Gasteiger partial charge in [0.2, 0.25) is 0 Å². The Hall–Kier alpha value is -1.77. The number of nitrogens with one attached hydrogen (secondary N) is 1. The first-order valence-corrected chi connectivity index (χ1v) is 7.41. The smallest absolute Gasteiger partial charge is 0.266 e. The molecule has 1 heterocycles. The first-order chi connectivity index (χ1) is 9.97. The fraction of sp³-hybridized carbons (Fsp3) is 0.200. The highest BCUT2D eigenvalue weighted by molar-refractivity contribution is 9.10. The summed E-state index contributed by atoms with van der Waals surface area (Å²) in [5.74, 6) is 0.544. The van der Waals surface area contributed by atoms with Crippen LogP contribution in [0.5, 0.6) is 5.75 Å². The molecule has 0 aliphatic carbocycles. The lowest BCUT2D eigenvalue weighted by Crippen LogP contribution is -2.12. The van der Waals surface area contributed by atoms with Gasteiger partial charge in [0.05, 0.1) is 16.1 Å².